The van der Waals surface area contributed by atoms with E-state index in [1.165, 1.54) is 9.13 Å². The van der Waals surface area contributed by atoms with E-state index in [1.807, 2.05) is 49.4 Å². The van der Waals surface area contributed by atoms with E-state index < -0.39 is 0 Å². The second kappa shape index (κ2) is 10.7. The van der Waals surface area contributed by atoms with Crippen molar-refractivity contribution >= 4 is 34.7 Å². The molecule has 6 heteroatoms. The summed E-state index contributed by atoms with van der Waals surface area (Å²) in [4.78, 5) is 12.2. The van der Waals surface area contributed by atoms with Crippen molar-refractivity contribution in [3.05, 3.63) is 105 Å². The lowest BCUT2D eigenvalue weighted by Crippen LogP contribution is -2.24. The Balaban J connectivity index is 1.34. The number of nitrogens with zero attached hydrogens (tertiary/aromatic N) is 2. The van der Waals surface area contributed by atoms with Gasteiger partial charge in [0, 0.05) is 26.2 Å². The predicted molar refractivity (Wildman–Crippen MR) is 146 cm³/mol. The van der Waals surface area contributed by atoms with Gasteiger partial charge in [-0.05, 0) is 96.5 Å². The molecular formula is C28H26IN3O2. The maximum Gasteiger partial charge on any atom is 0.277 e. The minimum absolute atomic E-state index is 0.108. The highest BCUT2D eigenvalue weighted by atomic mass is 127. The Bertz CT molecular complexity index is 1330. The molecule has 172 valence electrons. The van der Waals surface area contributed by atoms with Crippen LogP contribution < -0.4 is 10.2 Å². The van der Waals surface area contributed by atoms with Crippen molar-refractivity contribution in [2.24, 2.45) is 5.10 Å². The molecule has 3 aromatic carbocycles. The summed E-state index contributed by atoms with van der Waals surface area (Å²) in [6.45, 7) is 6.11. The number of ether oxygens (including phenoxy) is 1. The number of aryl methyl sites for hydroxylation is 2. The molecule has 0 aliphatic heterocycles. The first-order valence-electron chi connectivity index (χ1n) is 11.0. The van der Waals surface area contributed by atoms with Crippen LogP contribution in [0.5, 0.6) is 5.75 Å². The fourth-order valence-electron chi connectivity index (χ4n) is 3.81. The maximum absolute atomic E-state index is 12.2. The molecule has 0 atom stereocenters. The van der Waals surface area contributed by atoms with Crippen LogP contribution in [0.25, 0.3) is 16.8 Å². The van der Waals surface area contributed by atoms with E-state index >= 15 is 0 Å². The van der Waals surface area contributed by atoms with Crippen molar-refractivity contribution in [1.29, 1.82) is 0 Å². The predicted octanol–water partition coefficient (Wildman–Crippen LogP) is 6.20. The molecule has 1 amide bonds. The van der Waals surface area contributed by atoms with Gasteiger partial charge in [0.15, 0.2) is 6.61 Å². The molecule has 0 bridgehead atoms. The SMILES string of the molecule is Cc1cc(-n2c(C)cc(/C=N/NC(=O)COc3ccc(-c4ccccc4)cc3)c2C)ccc1I. The molecule has 0 radical (unpaired) electrons. The summed E-state index contributed by atoms with van der Waals surface area (Å²) in [5, 5.41) is 4.13. The third kappa shape index (κ3) is 5.56. The van der Waals surface area contributed by atoms with E-state index in [0.29, 0.717) is 5.75 Å². The topological polar surface area (TPSA) is 55.6 Å². The first kappa shape index (κ1) is 23.8. The lowest BCUT2D eigenvalue weighted by molar-refractivity contribution is -0.123. The summed E-state index contributed by atoms with van der Waals surface area (Å²) in [6, 6.07) is 26.3. The van der Waals surface area contributed by atoms with Gasteiger partial charge >= 0.3 is 0 Å². The van der Waals surface area contributed by atoms with Gasteiger partial charge in [-0.1, -0.05) is 42.5 Å². The molecule has 1 N–H and O–H groups in total. The van der Waals surface area contributed by atoms with Gasteiger partial charge in [-0.2, -0.15) is 5.10 Å². The Morgan fingerprint density at radius 1 is 0.971 bits per heavy atom. The first-order chi connectivity index (χ1) is 16.4. The first-order valence-corrected chi connectivity index (χ1v) is 12.1. The Morgan fingerprint density at radius 3 is 2.38 bits per heavy atom. The molecular weight excluding hydrogens is 537 g/mol. The molecule has 0 saturated heterocycles. The van der Waals surface area contributed by atoms with Gasteiger partial charge in [-0.15, -0.1) is 0 Å². The number of halogens is 1. The Kier molecular flexibility index (Phi) is 7.47. The zero-order valence-electron chi connectivity index (χ0n) is 19.4. The zero-order chi connectivity index (χ0) is 24.1. The second-order valence-electron chi connectivity index (χ2n) is 8.07. The Hall–Kier alpha value is -3.39. The molecule has 0 aliphatic carbocycles. The maximum atomic E-state index is 12.2. The number of hydrazone groups is 1. The summed E-state index contributed by atoms with van der Waals surface area (Å²) < 4.78 is 9.02. The highest BCUT2D eigenvalue weighted by Gasteiger charge is 2.10. The summed E-state index contributed by atoms with van der Waals surface area (Å²) >= 11 is 2.34. The molecule has 4 aromatic rings. The normalized spacial score (nSPS) is 11.1. The third-order valence-corrected chi connectivity index (χ3v) is 6.80. The molecule has 5 nitrogen and oxygen atoms in total. The molecule has 0 aliphatic rings. The van der Waals surface area contributed by atoms with E-state index in [-0.39, 0.29) is 12.5 Å². The fourth-order valence-corrected chi connectivity index (χ4v) is 4.15. The Labute approximate surface area is 213 Å². The number of amides is 1. The summed E-state index contributed by atoms with van der Waals surface area (Å²) in [7, 11) is 0. The largest absolute Gasteiger partial charge is 0.484 e. The average Bonchev–Trinajstić information content (AvgIpc) is 3.13. The van der Waals surface area contributed by atoms with Crippen LogP contribution in [0.2, 0.25) is 0 Å². The van der Waals surface area contributed by atoms with Crippen LogP contribution in [-0.4, -0.2) is 23.3 Å². The van der Waals surface area contributed by atoms with Gasteiger partial charge in [0.05, 0.1) is 6.21 Å². The van der Waals surface area contributed by atoms with Crippen molar-refractivity contribution in [1.82, 2.24) is 9.99 Å². The lowest BCUT2D eigenvalue weighted by atomic mass is 10.1. The van der Waals surface area contributed by atoms with Gasteiger partial charge < -0.3 is 9.30 Å². The van der Waals surface area contributed by atoms with E-state index in [9.17, 15) is 4.79 Å². The lowest BCUT2D eigenvalue weighted by Gasteiger charge is -2.11. The summed E-state index contributed by atoms with van der Waals surface area (Å²) in [6.07, 6.45) is 1.67. The molecule has 0 saturated carbocycles. The standard InChI is InChI=1S/C28H26IN3O2/c1-19-15-25(11-14-27(19)29)32-20(2)16-24(21(32)3)17-30-31-28(33)18-34-26-12-9-23(10-13-26)22-7-5-4-6-8-22/h4-17H,18H2,1-3H3,(H,31,33)/b30-17+. The Morgan fingerprint density at radius 2 is 1.68 bits per heavy atom. The van der Waals surface area contributed by atoms with E-state index in [4.69, 9.17) is 4.74 Å². The van der Waals surface area contributed by atoms with Crippen LogP contribution in [0.3, 0.4) is 0 Å². The molecule has 0 fully saturated rings. The fraction of sp³-hybridized carbons (Fsp3) is 0.143. The van der Waals surface area contributed by atoms with Crippen molar-refractivity contribution in [3.8, 4) is 22.6 Å². The van der Waals surface area contributed by atoms with Gasteiger partial charge in [0.1, 0.15) is 5.75 Å². The van der Waals surface area contributed by atoms with Crippen LogP contribution in [0.1, 0.15) is 22.5 Å². The zero-order valence-corrected chi connectivity index (χ0v) is 21.5. The quantitative estimate of drug-likeness (QED) is 0.165. The number of hydrogen-bond acceptors (Lipinski definition) is 3. The van der Waals surface area contributed by atoms with Crippen LogP contribution >= 0.6 is 22.6 Å². The number of nitrogens with one attached hydrogen (secondary N) is 1. The number of carbonyl (C=O) groups is 1. The van der Waals surface area contributed by atoms with E-state index in [1.54, 1.807) is 6.21 Å². The van der Waals surface area contributed by atoms with Gasteiger partial charge in [0.2, 0.25) is 0 Å². The molecule has 1 heterocycles. The number of benzene rings is 3. The average molecular weight is 563 g/mol. The third-order valence-electron chi connectivity index (χ3n) is 5.59. The van der Waals surface area contributed by atoms with Crippen molar-refractivity contribution in [3.63, 3.8) is 0 Å². The summed E-state index contributed by atoms with van der Waals surface area (Å²) in [5.41, 5.74) is 10.2. The van der Waals surface area contributed by atoms with E-state index in [2.05, 4.69) is 87.9 Å². The highest BCUT2D eigenvalue weighted by Crippen LogP contribution is 2.23. The second-order valence-corrected chi connectivity index (χ2v) is 9.23. The molecule has 0 unspecified atom stereocenters. The minimum Gasteiger partial charge on any atom is -0.484 e. The van der Waals surface area contributed by atoms with Crippen molar-refractivity contribution < 1.29 is 9.53 Å². The number of carbonyl (C=O) groups excluding carboxylic acids is 1. The van der Waals surface area contributed by atoms with Crippen LogP contribution in [0, 0.1) is 24.3 Å². The van der Waals surface area contributed by atoms with Gasteiger partial charge in [0.25, 0.3) is 5.91 Å². The smallest absolute Gasteiger partial charge is 0.277 e. The van der Waals surface area contributed by atoms with Crippen molar-refractivity contribution in [2.45, 2.75) is 20.8 Å². The molecule has 34 heavy (non-hydrogen) atoms. The molecule has 1 aromatic heterocycles. The molecule has 4 rings (SSSR count). The van der Waals surface area contributed by atoms with Gasteiger partial charge in [-0.25, -0.2) is 5.43 Å². The van der Waals surface area contributed by atoms with Crippen LogP contribution in [0.4, 0.5) is 0 Å². The van der Waals surface area contributed by atoms with Crippen LogP contribution in [0.15, 0.2) is 84.0 Å². The highest BCUT2D eigenvalue weighted by molar-refractivity contribution is 14.1. The molecule has 0 spiro atoms. The van der Waals surface area contributed by atoms with Crippen LogP contribution in [-0.2, 0) is 4.79 Å². The number of hydrogen-bond donors (Lipinski definition) is 1. The van der Waals surface area contributed by atoms with E-state index in [0.717, 1.165) is 33.8 Å². The van der Waals surface area contributed by atoms with Gasteiger partial charge in [-0.3, -0.25) is 4.79 Å². The number of aromatic nitrogens is 1. The summed E-state index contributed by atoms with van der Waals surface area (Å²) in [5.74, 6) is 0.320. The monoisotopic (exact) mass is 563 g/mol. The number of rotatable bonds is 7. The van der Waals surface area contributed by atoms with Crippen molar-refractivity contribution in [2.75, 3.05) is 6.61 Å². The minimum atomic E-state index is -0.314.